The average Bonchev–Trinajstić information content (AvgIpc) is 2.87. The highest BCUT2D eigenvalue weighted by Gasteiger charge is 2.11. The molecule has 0 radical (unpaired) electrons. The van der Waals surface area contributed by atoms with E-state index in [0.717, 1.165) is 16.2 Å². The van der Waals surface area contributed by atoms with Gasteiger partial charge in [-0.05, 0) is 38.5 Å². The third kappa shape index (κ3) is 2.68. The Bertz CT molecular complexity index is 596. The van der Waals surface area contributed by atoms with Gasteiger partial charge in [-0.2, -0.15) is 5.10 Å². The summed E-state index contributed by atoms with van der Waals surface area (Å²) in [5, 5.41) is 5.71. The van der Waals surface area contributed by atoms with E-state index in [-0.39, 0.29) is 5.91 Å². The predicted octanol–water partition coefficient (Wildman–Crippen LogP) is 3.03. The largest absolute Gasteiger partial charge is 0.460 e. The van der Waals surface area contributed by atoms with Gasteiger partial charge in [0.15, 0.2) is 0 Å². The molecule has 0 bridgehead atoms. The molecule has 1 N–H and O–H groups in total. The Morgan fingerprint density at radius 3 is 2.72 bits per heavy atom. The minimum atomic E-state index is -0.198. The first-order chi connectivity index (χ1) is 8.58. The molecule has 2 aromatic heterocycles. The second-order valence-corrected chi connectivity index (χ2v) is 5.06. The number of hydrogen-bond donors (Lipinski definition) is 1. The average molecular weight is 262 g/mol. The molecule has 0 spiro atoms. The number of amides is 1. The summed E-state index contributed by atoms with van der Waals surface area (Å²) in [7, 11) is 0. The van der Waals surface area contributed by atoms with Crippen LogP contribution < -0.4 is 5.43 Å². The topological polar surface area (TPSA) is 54.6 Å². The maximum atomic E-state index is 11.8. The van der Waals surface area contributed by atoms with Gasteiger partial charge in [0.25, 0.3) is 5.91 Å². The van der Waals surface area contributed by atoms with E-state index < -0.39 is 0 Å². The van der Waals surface area contributed by atoms with Crippen LogP contribution in [0.4, 0.5) is 0 Å². The number of rotatable bonds is 3. The summed E-state index contributed by atoms with van der Waals surface area (Å²) in [4.78, 5) is 13.0. The number of nitrogens with zero attached hydrogens (tertiary/aromatic N) is 1. The van der Waals surface area contributed by atoms with Crippen molar-refractivity contribution in [2.75, 3.05) is 0 Å². The van der Waals surface area contributed by atoms with Crippen LogP contribution in [0.1, 0.15) is 32.3 Å². The Balaban J connectivity index is 2.00. The van der Waals surface area contributed by atoms with Crippen molar-refractivity contribution in [3.63, 3.8) is 0 Å². The molecule has 0 aliphatic carbocycles. The highest BCUT2D eigenvalue weighted by atomic mass is 32.1. The summed E-state index contributed by atoms with van der Waals surface area (Å²) in [6.07, 6.45) is 1.49. The number of hydrogen-bond acceptors (Lipinski definition) is 4. The summed E-state index contributed by atoms with van der Waals surface area (Å²) >= 11 is 1.56. The molecule has 0 aliphatic heterocycles. The molecule has 0 saturated heterocycles. The van der Waals surface area contributed by atoms with Gasteiger partial charge in [-0.15, -0.1) is 11.3 Å². The van der Waals surface area contributed by atoms with Crippen molar-refractivity contribution in [1.82, 2.24) is 5.43 Å². The zero-order valence-corrected chi connectivity index (χ0v) is 11.3. The van der Waals surface area contributed by atoms with Crippen molar-refractivity contribution in [3.05, 3.63) is 45.0 Å². The molecule has 4 nitrogen and oxygen atoms in total. The summed E-state index contributed by atoms with van der Waals surface area (Å²) in [6.45, 7) is 5.78. The number of thiophene rings is 1. The highest BCUT2D eigenvalue weighted by Crippen LogP contribution is 2.20. The van der Waals surface area contributed by atoms with E-state index in [1.54, 1.807) is 17.4 Å². The molecule has 94 valence electrons. The van der Waals surface area contributed by atoms with E-state index in [4.69, 9.17) is 4.42 Å². The molecule has 2 rings (SSSR count). The fraction of sp³-hybridized carbons (Fsp3) is 0.231. The lowest BCUT2D eigenvalue weighted by molar-refractivity contribution is 0.0955. The Hall–Kier alpha value is -1.88. The van der Waals surface area contributed by atoms with Crippen LogP contribution in [0.2, 0.25) is 0 Å². The Morgan fingerprint density at radius 1 is 1.39 bits per heavy atom. The maximum Gasteiger partial charge on any atom is 0.272 e. The van der Waals surface area contributed by atoms with Crippen molar-refractivity contribution in [1.29, 1.82) is 0 Å². The predicted molar refractivity (Wildman–Crippen MR) is 72.3 cm³/mol. The minimum Gasteiger partial charge on any atom is -0.460 e. The molecule has 2 heterocycles. The van der Waals surface area contributed by atoms with E-state index in [0.29, 0.717) is 11.3 Å². The molecule has 5 heteroatoms. The van der Waals surface area contributed by atoms with E-state index in [9.17, 15) is 4.79 Å². The van der Waals surface area contributed by atoms with Crippen LogP contribution in [0.15, 0.2) is 27.0 Å². The number of nitrogens with one attached hydrogen (secondary N) is 1. The number of carbonyl (C=O) groups excluding carboxylic acids is 1. The minimum absolute atomic E-state index is 0.198. The molecule has 0 aliphatic rings. The lowest BCUT2D eigenvalue weighted by atomic mass is 10.2. The fourth-order valence-corrected chi connectivity index (χ4v) is 2.34. The lowest BCUT2D eigenvalue weighted by Crippen LogP contribution is -2.17. The molecular weight excluding hydrogens is 248 g/mol. The van der Waals surface area contributed by atoms with E-state index in [1.807, 2.05) is 32.2 Å². The van der Waals surface area contributed by atoms with Gasteiger partial charge in [0.2, 0.25) is 0 Å². The second kappa shape index (κ2) is 5.18. The maximum absolute atomic E-state index is 11.8. The van der Waals surface area contributed by atoms with Gasteiger partial charge >= 0.3 is 0 Å². The zero-order valence-electron chi connectivity index (χ0n) is 10.5. The van der Waals surface area contributed by atoms with Crippen molar-refractivity contribution in [2.45, 2.75) is 20.8 Å². The summed E-state index contributed by atoms with van der Waals surface area (Å²) in [5.74, 6) is 1.23. The molecule has 0 saturated carbocycles. The molecule has 1 amide bonds. The second-order valence-electron chi connectivity index (χ2n) is 3.98. The number of hydrazone groups is 1. The molecule has 2 aromatic rings. The van der Waals surface area contributed by atoms with Crippen LogP contribution in [0.25, 0.3) is 0 Å². The summed E-state index contributed by atoms with van der Waals surface area (Å²) in [6, 6.07) is 3.64. The van der Waals surface area contributed by atoms with Crippen LogP contribution in [0, 0.1) is 20.8 Å². The number of aryl methyl sites for hydroxylation is 2. The smallest absolute Gasteiger partial charge is 0.272 e. The van der Waals surface area contributed by atoms with Crippen LogP contribution in [-0.2, 0) is 0 Å². The van der Waals surface area contributed by atoms with E-state index in [1.165, 1.54) is 6.21 Å². The van der Waals surface area contributed by atoms with Crippen LogP contribution in [0.5, 0.6) is 0 Å². The number of furan rings is 1. The van der Waals surface area contributed by atoms with Crippen LogP contribution >= 0.6 is 11.3 Å². The molecule has 18 heavy (non-hydrogen) atoms. The molecule has 0 fully saturated rings. The van der Waals surface area contributed by atoms with E-state index >= 15 is 0 Å². The van der Waals surface area contributed by atoms with Gasteiger partial charge in [-0.1, -0.05) is 0 Å². The van der Waals surface area contributed by atoms with Gasteiger partial charge in [0, 0.05) is 10.3 Å². The van der Waals surface area contributed by atoms with Crippen molar-refractivity contribution < 1.29 is 9.21 Å². The first-order valence-electron chi connectivity index (χ1n) is 5.52. The van der Waals surface area contributed by atoms with Gasteiger partial charge in [-0.25, -0.2) is 5.43 Å². The lowest BCUT2D eigenvalue weighted by Gasteiger charge is -1.98. The Labute approximate surface area is 109 Å². The Kier molecular flexibility index (Phi) is 3.62. The molecule has 0 unspecified atom stereocenters. The zero-order chi connectivity index (χ0) is 13.1. The summed E-state index contributed by atoms with van der Waals surface area (Å²) in [5.41, 5.74) is 4.16. The SMILES string of the molecule is Cc1ccc(/C=N\NC(=O)c2csc(C)c2C)o1. The normalized spacial score (nSPS) is 11.1. The van der Waals surface area contributed by atoms with Gasteiger partial charge in [0.05, 0.1) is 11.8 Å². The first-order valence-corrected chi connectivity index (χ1v) is 6.40. The van der Waals surface area contributed by atoms with Crippen molar-refractivity contribution >= 4 is 23.5 Å². The molecular formula is C13H14N2O2S. The van der Waals surface area contributed by atoms with Crippen molar-refractivity contribution in [3.8, 4) is 0 Å². The van der Waals surface area contributed by atoms with Gasteiger partial charge in [-0.3, -0.25) is 4.79 Å². The highest BCUT2D eigenvalue weighted by molar-refractivity contribution is 7.10. The van der Waals surface area contributed by atoms with Gasteiger partial charge in [0.1, 0.15) is 11.5 Å². The number of carbonyl (C=O) groups is 1. The van der Waals surface area contributed by atoms with Crippen LogP contribution in [-0.4, -0.2) is 12.1 Å². The molecule has 0 aromatic carbocycles. The third-order valence-corrected chi connectivity index (χ3v) is 3.66. The first kappa shape index (κ1) is 12.6. The Morgan fingerprint density at radius 2 is 2.17 bits per heavy atom. The van der Waals surface area contributed by atoms with Crippen LogP contribution in [0.3, 0.4) is 0 Å². The quantitative estimate of drug-likeness (QED) is 0.682. The fourth-order valence-electron chi connectivity index (χ4n) is 1.48. The van der Waals surface area contributed by atoms with Crippen molar-refractivity contribution in [2.24, 2.45) is 5.10 Å². The summed E-state index contributed by atoms with van der Waals surface area (Å²) < 4.78 is 5.30. The van der Waals surface area contributed by atoms with E-state index in [2.05, 4.69) is 10.5 Å². The standard InChI is InChI=1S/C13H14N2O2S/c1-8-4-5-11(17-8)6-14-15-13(16)12-7-18-10(3)9(12)2/h4-7H,1-3H3,(H,15,16)/b14-6-. The van der Waals surface area contributed by atoms with Gasteiger partial charge < -0.3 is 4.42 Å². The monoisotopic (exact) mass is 262 g/mol. The molecule has 0 atom stereocenters. The third-order valence-electron chi connectivity index (χ3n) is 2.65.